The summed E-state index contributed by atoms with van der Waals surface area (Å²) in [5.74, 6) is 0. The van der Waals surface area contributed by atoms with E-state index in [-0.39, 0.29) is 0 Å². The minimum Gasteiger partial charge on any atom is -0.393 e. The summed E-state index contributed by atoms with van der Waals surface area (Å²) in [6.07, 6.45) is -0.238. The Bertz CT molecular complexity index is 251. The van der Waals surface area contributed by atoms with Crippen molar-refractivity contribution in [1.29, 1.82) is 0 Å². The van der Waals surface area contributed by atoms with Crippen LogP contribution in [0.3, 0.4) is 0 Å². The molecule has 0 aromatic heterocycles. The van der Waals surface area contributed by atoms with Gasteiger partial charge in [-0.15, -0.1) is 0 Å². The van der Waals surface area contributed by atoms with Gasteiger partial charge in [0.25, 0.3) is 0 Å². The largest absolute Gasteiger partial charge is 0.393 e. The molecule has 0 bridgehead atoms. The number of benzene rings is 1. The summed E-state index contributed by atoms with van der Waals surface area (Å²) in [7, 11) is 0. The summed E-state index contributed by atoms with van der Waals surface area (Å²) in [5, 5.41) is 19.2. The highest BCUT2D eigenvalue weighted by Crippen LogP contribution is 2.18. The van der Waals surface area contributed by atoms with Gasteiger partial charge in [0, 0.05) is 6.42 Å². The van der Waals surface area contributed by atoms with Crippen molar-refractivity contribution in [2.24, 2.45) is 5.73 Å². The van der Waals surface area contributed by atoms with Gasteiger partial charge >= 0.3 is 0 Å². The number of nitrogens with two attached hydrogens (primary N) is 1. The van der Waals surface area contributed by atoms with Crippen molar-refractivity contribution < 1.29 is 10.2 Å². The first-order valence-electron chi connectivity index (χ1n) is 4.85. The Morgan fingerprint density at radius 3 is 2.36 bits per heavy atom. The van der Waals surface area contributed by atoms with Crippen LogP contribution < -0.4 is 5.73 Å². The fourth-order valence-corrected chi connectivity index (χ4v) is 1.38. The van der Waals surface area contributed by atoms with E-state index in [1.165, 1.54) is 0 Å². The zero-order valence-electron chi connectivity index (χ0n) is 8.13. The maximum atomic E-state index is 9.72. The molecule has 0 saturated heterocycles. The molecule has 3 heteroatoms. The van der Waals surface area contributed by atoms with Gasteiger partial charge in [-0.1, -0.05) is 30.3 Å². The Morgan fingerprint density at radius 2 is 1.79 bits per heavy atom. The Labute approximate surface area is 84.2 Å². The van der Waals surface area contributed by atoms with E-state index < -0.39 is 12.2 Å². The maximum absolute atomic E-state index is 9.72. The highest BCUT2D eigenvalue weighted by molar-refractivity contribution is 5.17. The van der Waals surface area contributed by atoms with Crippen molar-refractivity contribution in [3.8, 4) is 0 Å². The van der Waals surface area contributed by atoms with Gasteiger partial charge in [-0.05, 0) is 18.5 Å². The normalized spacial score (nSPS) is 15.1. The summed E-state index contributed by atoms with van der Waals surface area (Å²) in [6.45, 7) is 0.447. The molecule has 0 fully saturated rings. The molecule has 0 aliphatic carbocycles. The quantitative estimate of drug-likeness (QED) is 0.651. The van der Waals surface area contributed by atoms with Crippen molar-refractivity contribution >= 4 is 0 Å². The minimum atomic E-state index is -0.599. The number of aliphatic hydroxyl groups is 2. The minimum absolute atomic E-state index is 0.348. The molecule has 78 valence electrons. The zero-order valence-corrected chi connectivity index (χ0v) is 8.13. The average molecular weight is 195 g/mol. The molecular weight excluding hydrogens is 178 g/mol. The lowest BCUT2D eigenvalue weighted by Gasteiger charge is -2.15. The van der Waals surface area contributed by atoms with E-state index in [0.717, 1.165) is 5.56 Å². The molecule has 2 atom stereocenters. The van der Waals surface area contributed by atoms with Crippen molar-refractivity contribution in [2.45, 2.75) is 25.0 Å². The third kappa shape index (κ3) is 3.46. The highest BCUT2D eigenvalue weighted by atomic mass is 16.3. The van der Waals surface area contributed by atoms with Crippen molar-refractivity contribution in [3.63, 3.8) is 0 Å². The van der Waals surface area contributed by atoms with Crippen LogP contribution in [0.5, 0.6) is 0 Å². The Balaban J connectivity index is 2.46. The monoisotopic (exact) mass is 195 g/mol. The van der Waals surface area contributed by atoms with E-state index in [1.54, 1.807) is 0 Å². The molecule has 0 heterocycles. The third-order valence-corrected chi connectivity index (χ3v) is 2.18. The molecule has 4 N–H and O–H groups in total. The summed E-state index contributed by atoms with van der Waals surface area (Å²) in [6, 6.07) is 9.33. The second-order valence-electron chi connectivity index (χ2n) is 3.39. The average Bonchev–Trinajstić information content (AvgIpc) is 2.19. The number of aliphatic hydroxyl groups excluding tert-OH is 2. The topological polar surface area (TPSA) is 66.5 Å². The lowest BCUT2D eigenvalue weighted by Crippen LogP contribution is -2.16. The molecule has 0 unspecified atom stereocenters. The molecule has 0 spiro atoms. The van der Waals surface area contributed by atoms with Crippen LogP contribution in [-0.2, 0) is 0 Å². The molecule has 0 amide bonds. The summed E-state index contributed by atoms with van der Waals surface area (Å²) in [4.78, 5) is 0. The molecule has 14 heavy (non-hydrogen) atoms. The van der Waals surface area contributed by atoms with Crippen molar-refractivity contribution in [3.05, 3.63) is 35.9 Å². The molecule has 1 aromatic rings. The summed E-state index contributed by atoms with van der Waals surface area (Å²) < 4.78 is 0. The Morgan fingerprint density at radius 1 is 1.14 bits per heavy atom. The van der Waals surface area contributed by atoms with Crippen LogP contribution in [-0.4, -0.2) is 22.9 Å². The first-order chi connectivity index (χ1) is 6.74. The van der Waals surface area contributed by atoms with E-state index in [4.69, 9.17) is 5.73 Å². The molecule has 3 nitrogen and oxygen atoms in total. The van der Waals surface area contributed by atoms with Crippen LogP contribution >= 0.6 is 0 Å². The molecule has 0 saturated carbocycles. The number of rotatable bonds is 5. The van der Waals surface area contributed by atoms with Gasteiger partial charge in [0.2, 0.25) is 0 Å². The second-order valence-corrected chi connectivity index (χ2v) is 3.39. The Kier molecular flexibility index (Phi) is 4.59. The summed E-state index contributed by atoms with van der Waals surface area (Å²) >= 11 is 0. The molecule has 1 aromatic carbocycles. The predicted octanol–water partition coefficient (Wildman–Crippen LogP) is 0.820. The van der Waals surface area contributed by atoms with Crippen LogP contribution in [0, 0.1) is 0 Å². The first kappa shape index (κ1) is 11.2. The SMILES string of the molecule is NCC[C@@H](O)C[C@@H](O)c1ccccc1. The van der Waals surface area contributed by atoms with E-state index in [1.807, 2.05) is 30.3 Å². The fraction of sp³-hybridized carbons (Fsp3) is 0.455. The van der Waals surface area contributed by atoms with Crippen LogP contribution in [0.15, 0.2) is 30.3 Å². The third-order valence-electron chi connectivity index (χ3n) is 2.18. The van der Waals surface area contributed by atoms with E-state index in [0.29, 0.717) is 19.4 Å². The zero-order chi connectivity index (χ0) is 10.4. The fourth-order valence-electron chi connectivity index (χ4n) is 1.38. The van der Waals surface area contributed by atoms with Gasteiger partial charge in [-0.2, -0.15) is 0 Å². The van der Waals surface area contributed by atoms with Crippen LogP contribution in [0.1, 0.15) is 24.5 Å². The van der Waals surface area contributed by atoms with Gasteiger partial charge in [-0.25, -0.2) is 0 Å². The highest BCUT2D eigenvalue weighted by Gasteiger charge is 2.12. The Hall–Kier alpha value is -0.900. The van der Waals surface area contributed by atoms with E-state index in [2.05, 4.69) is 0 Å². The van der Waals surface area contributed by atoms with Crippen LogP contribution in [0.25, 0.3) is 0 Å². The molecule has 0 aliphatic rings. The predicted molar refractivity (Wildman–Crippen MR) is 55.7 cm³/mol. The second kappa shape index (κ2) is 5.75. The van der Waals surface area contributed by atoms with E-state index >= 15 is 0 Å². The lowest BCUT2D eigenvalue weighted by molar-refractivity contribution is 0.0770. The smallest absolute Gasteiger partial charge is 0.0814 e. The molecule has 0 aliphatic heterocycles. The van der Waals surface area contributed by atoms with E-state index in [9.17, 15) is 10.2 Å². The number of hydrogen-bond donors (Lipinski definition) is 3. The lowest BCUT2D eigenvalue weighted by atomic mass is 10.0. The van der Waals surface area contributed by atoms with Crippen LogP contribution in [0.4, 0.5) is 0 Å². The molecule has 0 radical (unpaired) electrons. The first-order valence-corrected chi connectivity index (χ1v) is 4.85. The van der Waals surface area contributed by atoms with Crippen LogP contribution in [0.2, 0.25) is 0 Å². The van der Waals surface area contributed by atoms with Gasteiger partial charge in [-0.3, -0.25) is 0 Å². The van der Waals surface area contributed by atoms with Gasteiger partial charge < -0.3 is 15.9 Å². The van der Waals surface area contributed by atoms with Gasteiger partial charge in [0.05, 0.1) is 12.2 Å². The number of hydrogen-bond acceptors (Lipinski definition) is 3. The standard InChI is InChI=1S/C11H17NO2/c12-7-6-10(13)8-11(14)9-4-2-1-3-5-9/h1-5,10-11,13-14H,6-8,12H2/t10-,11-/m1/s1. The van der Waals surface area contributed by atoms with Crippen molar-refractivity contribution in [1.82, 2.24) is 0 Å². The van der Waals surface area contributed by atoms with Gasteiger partial charge in [0.15, 0.2) is 0 Å². The van der Waals surface area contributed by atoms with Crippen molar-refractivity contribution in [2.75, 3.05) is 6.54 Å². The summed E-state index contributed by atoms with van der Waals surface area (Å²) in [5.41, 5.74) is 6.14. The maximum Gasteiger partial charge on any atom is 0.0814 e. The van der Waals surface area contributed by atoms with Gasteiger partial charge in [0.1, 0.15) is 0 Å². The molecule has 1 rings (SSSR count). The molecular formula is C11H17NO2.